The predicted octanol–water partition coefficient (Wildman–Crippen LogP) is 5.35. The van der Waals surface area contributed by atoms with Crippen molar-refractivity contribution in [2.24, 2.45) is 23.7 Å². The Morgan fingerprint density at radius 2 is 1.76 bits per heavy atom. The van der Waals surface area contributed by atoms with Gasteiger partial charge in [-0.25, -0.2) is 0 Å². The second kappa shape index (κ2) is 12.1. The smallest absolute Gasteiger partial charge is 0.310 e. The molecule has 206 valence electrons. The normalized spacial score (nSPS) is 25.6. The minimum atomic E-state index is -0.0190. The zero-order chi connectivity index (χ0) is 26.6. The van der Waals surface area contributed by atoms with Gasteiger partial charge in [-0.15, -0.1) is 0 Å². The summed E-state index contributed by atoms with van der Waals surface area (Å²) in [5.41, 5.74) is 4.00. The summed E-state index contributed by atoms with van der Waals surface area (Å²) in [5, 5.41) is 0. The molecule has 5 rings (SSSR count). The van der Waals surface area contributed by atoms with Gasteiger partial charge in [-0.2, -0.15) is 0 Å². The van der Waals surface area contributed by atoms with Crippen molar-refractivity contribution < 1.29 is 19.0 Å². The van der Waals surface area contributed by atoms with Gasteiger partial charge in [-0.3, -0.25) is 14.6 Å². The highest BCUT2D eigenvalue weighted by atomic mass is 16.5. The van der Waals surface area contributed by atoms with E-state index in [1.54, 1.807) is 14.2 Å². The van der Waals surface area contributed by atoms with E-state index in [0.29, 0.717) is 30.4 Å². The summed E-state index contributed by atoms with van der Waals surface area (Å²) in [6, 6.07) is 15.2. The molecular weight excluding hydrogens is 476 g/mol. The van der Waals surface area contributed by atoms with Gasteiger partial charge < -0.3 is 14.2 Å². The van der Waals surface area contributed by atoms with Gasteiger partial charge in [-0.05, 0) is 78.8 Å². The zero-order valence-electron chi connectivity index (χ0n) is 23.5. The summed E-state index contributed by atoms with van der Waals surface area (Å²) in [7, 11) is 3.41. The number of ether oxygens (including phenoxy) is 3. The van der Waals surface area contributed by atoms with E-state index in [1.807, 2.05) is 6.07 Å². The van der Waals surface area contributed by atoms with Crippen molar-refractivity contribution in [1.29, 1.82) is 0 Å². The summed E-state index contributed by atoms with van der Waals surface area (Å²) in [5.74, 6) is 3.09. The Labute approximate surface area is 228 Å². The summed E-state index contributed by atoms with van der Waals surface area (Å²) in [6.45, 7) is 9.90. The lowest BCUT2D eigenvalue weighted by atomic mass is 9.74. The molecule has 3 heterocycles. The van der Waals surface area contributed by atoms with Crippen LogP contribution in [0.3, 0.4) is 0 Å². The molecule has 2 aromatic rings. The standard InChI is InChI=1S/C32H44N2O4/c1-22(2)14-26-20-34-13-11-24-16-30(36-3)31(37-4)17-28(24)29(34)15-27(26)21-38-32(35)25-10-12-33(19-25)18-23-8-6-5-7-9-23/h5-9,16-17,22,25-27,29H,10-15,18-21H2,1-4H3/t25-,26+,27-,29+/m0/s1. The molecule has 0 bridgehead atoms. The highest BCUT2D eigenvalue weighted by Crippen LogP contribution is 2.45. The molecule has 2 aromatic carbocycles. The number of rotatable bonds is 9. The van der Waals surface area contributed by atoms with E-state index in [0.717, 1.165) is 63.5 Å². The van der Waals surface area contributed by atoms with E-state index < -0.39 is 0 Å². The topological polar surface area (TPSA) is 51.2 Å². The summed E-state index contributed by atoms with van der Waals surface area (Å²) in [4.78, 5) is 18.2. The zero-order valence-corrected chi connectivity index (χ0v) is 23.5. The lowest BCUT2D eigenvalue weighted by Gasteiger charge is -2.47. The Balaban J connectivity index is 1.24. The molecule has 4 atom stereocenters. The molecule has 0 saturated carbocycles. The molecule has 2 saturated heterocycles. The SMILES string of the molecule is COc1cc2c(cc1OC)[C@H]1C[C@@H](COC(=O)[C@H]3CCN(Cc4ccccc4)C3)[C@H](CC(C)C)CN1CC2. The number of likely N-dealkylation sites (tertiary alicyclic amines) is 1. The Morgan fingerprint density at radius 1 is 1.00 bits per heavy atom. The molecule has 6 nitrogen and oxygen atoms in total. The molecule has 6 heteroatoms. The predicted molar refractivity (Wildman–Crippen MR) is 149 cm³/mol. The van der Waals surface area contributed by atoms with Gasteiger partial charge in [0.2, 0.25) is 0 Å². The maximum absolute atomic E-state index is 13.2. The molecule has 38 heavy (non-hydrogen) atoms. The van der Waals surface area contributed by atoms with Crippen LogP contribution in [0.5, 0.6) is 11.5 Å². The Bertz CT molecular complexity index is 1090. The van der Waals surface area contributed by atoms with Crippen molar-refractivity contribution in [1.82, 2.24) is 9.80 Å². The van der Waals surface area contributed by atoms with Crippen LogP contribution in [0.4, 0.5) is 0 Å². The molecule has 0 unspecified atom stereocenters. The van der Waals surface area contributed by atoms with Crippen molar-refractivity contribution >= 4 is 5.97 Å². The molecule has 3 aliphatic heterocycles. The van der Waals surface area contributed by atoms with Crippen LogP contribution < -0.4 is 9.47 Å². The van der Waals surface area contributed by atoms with Crippen LogP contribution in [0.15, 0.2) is 42.5 Å². The molecule has 3 aliphatic rings. The Morgan fingerprint density at radius 3 is 2.50 bits per heavy atom. The van der Waals surface area contributed by atoms with Crippen LogP contribution >= 0.6 is 0 Å². The molecule has 0 aliphatic carbocycles. The van der Waals surface area contributed by atoms with E-state index in [9.17, 15) is 4.79 Å². The van der Waals surface area contributed by atoms with E-state index in [-0.39, 0.29) is 11.9 Å². The lowest BCUT2D eigenvalue weighted by molar-refractivity contribution is -0.151. The van der Waals surface area contributed by atoms with Gasteiger partial charge in [0.05, 0.1) is 26.7 Å². The van der Waals surface area contributed by atoms with Crippen LogP contribution in [0, 0.1) is 23.7 Å². The van der Waals surface area contributed by atoms with E-state index in [1.165, 1.54) is 23.1 Å². The van der Waals surface area contributed by atoms with Crippen LogP contribution in [-0.2, 0) is 22.5 Å². The number of benzene rings is 2. The maximum atomic E-state index is 13.2. The third-order valence-corrected chi connectivity index (χ3v) is 8.84. The highest BCUT2D eigenvalue weighted by molar-refractivity contribution is 5.73. The first-order valence-corrected chi connectivity index (χ1v) is 14.4. The van der Waals surface area contributed by atoms with E-state index in [2.05, 4.69) is 60.0 Å². The highest BCUT2D eigenvalue weighted by Gasteiger charge is 2.40. The Kier molecular flexibility index (Phi) is 8.59. The number of fused-ring (bicyclic) bond motifs is 3. The van der Waals surface area contributed by atoms with E-state index in [4.69, 9.17) is 14.2 Å². The fourth-order valence-corrected chi connectivity index (χ4v) is 6.90. The molecule has 0 spiro atoms. The van der Waals surface area contributed by atoms with Crippen LogP contribution in [0.1, 0.15) is 55.8 Å². The lowest BCUT2D eigenvalue weighted by Crippen LogP contribution is -2.47. The average molecular weight is 521 g/mol. The van der Waals surface area contributed by atoms with Crippen LogP contribution in [0.2, 0.25) is 0 Å². The molecule has 0 aromatic heterocycles. The van der Waals surface area contributed by atoms with Gasteiger partial charge in [0.1, 0.15) is 0 Å². The number of methoxy groups -OCH3 is 2. The first kappa shape index (κ1) is 27.0. The minimum Gasteiger partial charge on any atom is -0.493 e. The average Bonchev–Trinajstić information content (AvgIpc) is 3.39. The van der Waals surface area contributed by atoms with E-state index >= 15 is 0 Å². The number of piperidine rings is 1. The Hall–Kier alpha value is -2.57. The minimum absolute atomic E-state index is 0.0123. The second-order valence-corrected chi connectivity index (χ2v) is 11.9. The quantitative estimate of drug-likeness (QED) is 0.416. The molecule has 0 amide bonds. The summed E-state index contributed by atoms with van der Waals surface area (Å²) < 4.78 is 17.3. The molecule has 0 radical (unpaired) electrons. The first-order chi connectivity index (χ1) is 18.4. The maximum Gasteiger partial charge on any atom is 0.310 e. The van der Waals surface area contributed by atoms with Crippen molar-refractivity contribution in [2.45, 2.75) is 52.1 Å². The first-order valence-electron chi connectivity index (χ1n) is 14.4. The molecule has 2 fully saturated rings. The summed E-state index contributed by atoms with van der Waals surface area (Å²) in [6.07, 6.45) is 4.09. The van der Waals surface area contributed by atoms with Gasteiger partial charge in [-0.1, -0.05) is 44.2 Å². The van der Waals surface area contributed by atoms with Gasteiger partial charge in [0, 0.05) is 32.2 Å². The third kappa shape index (κ3) is 6.02. The third-order valence-electron chi connectivity index (χ3n) is 8.84. The number of nitrogens with zero attached hydrogens (tertiary/aromatic N) is 2. The second-order valence-electron chi connectivity index (χ2n) is 11.9. The largest absolute Gasteiger partial charge is 0.493 e. The van der Waals surface area contributed by atoms with Crippen molar-refractivity contribution in [2.75, 3.05) is 47.0 Å². The van der Waals surface area contributed by atoms with Gasteiger partial charge in [0.25, 0.3) is 0 Å². The number of hydrogen-bond acceptors (Lipinski definition) is 6. The molecular formula is C32H44N2O4. The van der Waals surface area contributed by atoms with Gasteiger partial charge in [0.15, 0.2) is 11.5 Å². The number of hydrogen-bond donors (Lipinski definition) is 0. The van der Waals surface area contributed by atoms with Crippen molar-refractivity contribution in [3.05, 3.63) is 59.2 Å². The monoisotopic (exact) mass is 520 g/mol. The van der Waals surface area contributed by atoms with Crippen molar-refractivity contribution in [3.8, 4) is 11.5 Å². The molecule has 0 N–H and O–H groups in total. The summed E-state index contributed by atoms with van der Waals surface area (Å²) >= 11 is 0. The number of esters is 1. The fraction of sp³-hybridized carbons (Fsp3) is 0.594. The van der Waals surface area contributed by atoms with Gasteiger partial charge >= 0.3 is 5.97 Å². The van der Waals surface area contributed by atoms with Crippen LogP contribution in [-0.4, -0.2) is 62.8 Å². The number of carbonyl (C=O) groups excluding carboxylic acids is 1. The van der Waals surface area contributed by atoms with Crippen molar-refractivity contribution in [3.63, 3.8) is 0 Å². The van der Waals surface area contributed by atoms with Crippen LogP contribution in [0.25, 0.3) is 0 Å². The number of carbonyl (C=O) groups is 1. The fourth-order valence-electron chi connectivity index (χ4n) is 6.90.